The Balaban J connectivity index is 2.05. The quantitative estimate of drug-likeness (QED) is 0.829. The number of nitrogens with one attached hydrogen (secondary N) is 1. The second-order valence-electron chi connectivity index (χ2n) is 4.51. The van der Waals surface area contributed by atoms with E-state index in [0.29, 0.717) is 5.69 Å². The Labute approximate surface area is 121 Å². The van der Waals surface area contributed by atoms with Gasteiger partial charge < -0.3 is 10.4 Å². The molecule has 0 aliphatic carbocycles. The van der Waals surface area contributed by atoms with E-state index in [4.69, 9.17) is 5.11 Å². The Kier molecular flexibility index (Phi) is 4.65. The smallest absolute Gasteiger partial charge is 0.309 e. The number of aryl methyl sites for hydroxylation is 1. The molecule has 0 aliphatic rings. The van der Waals surface area contributed by atoms with Crippen LogP contribution < -0.4 is 5.32 Å². The fourth-order valence-electron chi connectivity index (χ4n) is 1.98. The first-order valence-electron chi connectivity index (χ1n) is 6.57. The van der Waals surface area contributed by atoms with E-state index < -0.39 is 5.97 Å². The number of nitrogens with zero attached hydrogens (tertiary/aromatic N) is 3. The highest BCUT2D eigenvalue weighted by Gasteiger charge is 2.12. The van der Waals surface area contributed by atoms with Crippen LogP contribution in [0.3, 0.4) is 0 Å². The molecule has 0 unspecified atom stereocenters. The number of hydrogen-bond donors (Lipinski definition) is 2. The molecule has 7 nitrogen and oxygen atoms in total. The van der Waals surface area contributed by atoms with Crippen molar-refractivity contribution in [1.82, 2.24) is 15.0 Å². The Morgan fingerprint density at radius 1 is 1.33 bits per heavy atom. The number of rotatable bonds is 6. The molecule has 0 radical (unpaired) electrons. The van der Waals surface area contributed by atoms with Crippen LogP contribution in [0, 0.1) is 0 Å². The van der Waals surface area contributed by atoms with E-state index in [1.54, 1.807) is 0 Å². The van der Waals surface area contributed by atoms with Crippen molar-refractivity contribution in [3.8, 4) is 0 Å². The van der Waals surface area contributed by atoms with Gasteiger partial charge >= 0.3 is 5.97 Å². The number of benzene rings is 1. The number of amides is 1. The molecule has 7 heteroatoms. The summed E-state index contributed by atoms with van der Waals surface area (Å²) in [6.07, 6.45) is 1.94. The predicted molar refractivity (Wildman–Crippen MR) is 75.8 cm³/mol. The van der Waals surface area contributed by atoms with Gasteiger partial charge in [-0.25, -0.2) is 4.68 Å². The summed E-state index contributed by atoms with van der Waals surface area (Å²) in [5, 5.41) is 19.0. The minimum absolute atomic E-state index is 0.0688. The van der Waals surface area contributed by atoms with Gasteiger partial charge in [0, 0.05) is 5.69 Å². The lowest BCUT2D eigenvalue weighted by molar-refractivity contribution is -0.136. The number of aliphatic carboxylic acids is 1. The molecular formula is C14H16N4O3. The predicted octanol–water partition coefficient (Wildman–Crippen LogP) is 1.11. The average molecular weight is 288 g/mol. The first kappa shape index (κ1) is 14.7. The molecule has 0 spiro atoms. The van der Waals surface area contributed by atoms with Gasteiger partial charge in [0.25, 0.3) is 0 Å². The molecular weight excluding hydrogens is 272 g/mol. The highest BCUT2D eigenvalue weighted by atomic mass is 16.4. The fourth-order valence-corrected chi connectivity index (χ4v) is 1.98. The van der Waals surface area contributed by atoms with Gasteiger partial charge in [0.05, 0.1) is 18.3 Å². The molecule has 2 N–H and O–H groups in total. The average Bonchev–Trinajstić information content (AvgIpc) is 2.85. The van der Waals surface area contributed by atoms with E-state index in [1.165, 1.54) is 10.9 Å². The lowest BCUT2D eigenvalue weighted by atomic mass is 10.1. The van der Waals surface area contributed by atoms with Gasteiger partial charge in [-0.3, -0.25) is 9.59 Å². The van der Waals surface area contributed by atoms with Crippen LogP contribution >= 0.6 is 0 Å². The minimum atomic E-state index is -0.990. The normalized spacial score (nSPS) is 10.3. The number of carboxylic acids is 1. The van der Waals surface area contributed by atoms with Crippen LogP contribution in [0.15, 0.2) is 30.5 Å². The summed E-state index contributed by atoms with van der Waals surface area (Å²) in [7, 11) is 0. The van der Waals surface area contributed by atoms with Crippen molar-refractivity contribution in [3.05, 3.63) is 41.7 Å². The molecule has 0 atom stereocenters. The molecule has 0 fully saturated rings. The molecule has 1 amide bonds. The molecule has 0 bridgehead atoms. The van der Waals surface area contributed by atoms with Gasteiger partial charge in [0.1, 0.15) is 6.54 Å². The van der Waals surface area contributed by atoms with Crippen molar-refractivity contribution in [2.75, 3.05) is 5.32 Å². The van der Waals surface area contributed by atoms with E-state index in [0.717, 1.165) is 17.7 Å². The van der Waals surface area contributed by atoms with Gasteiger partial charge in [-0.2, -0.15) is 0 Å². The number of carbonyl (C=O) groups excluding carboxylic acids is 1. The minimum Gasteiger partial charge on any atom is -0.481 e. The molecule has 1 heterocycles. The summed E-state index contributed by atoms with van der Waals surface area (Å²) in [6, 6.07) is 7.54. The van der Waals surface area contributed by atoms with Crippen LogP contribution in [0.1, 0.15) is 18.2 Å². The topological polar surface area (TPSA) is 97.1 Å². The zero-order chi connectivity index (χ0) is 15.2. The van der Waals surface area contributed by atoms with Crippen molar-refractivity contribution in [2.24, 2.45) is 0 Å². The largest absolute Gasteiger partial charge is 0.481 e. The van der Waals surface area contributed by atoms with Crippen LogP contribution in [-0.2, 0) is 29.0 Å². The molecule has 110 valence electrons. The molecule has 0 saturated heterocycles. The summed E-state index contributed by atoms with van der Waals surface area (Å²) in [5.74, 6) is -1.26. The summed E-state index contributed by atoms with van der Waals surface area (Å²) >= 11 is 0. The maximum Gasteiger partial charge on any atom is 0.309 e. The van der Waals surface area contributed by atoms with Crippen molar-refractivity contribution in [2.45, 2.75) is 26.3 Å². The van der Waals surface area contributed by atoms with Crippen LogP contribution in [0.2, 0.25) is 0 Å². The third-order valence-corrected chi connectivity index (χ3v) is 3.00. The highest BCUT2D eigenvalue weighted by molar-refractivity contribution is 5.91. The van der Waals surface area contributed by atoms with Crippen LogP contribution in [0.5, 0.6) is 0 Å². The SMILES string of the molecule is CCc1ccccc1NC(=O)Cn1nncc1CC(=O)O. The summed E-state index contributed by atoms with van der Waals surface area (Å²) < 4.78 is 1.29. The third kappa shape index (κ3) is 3.88. The molecule has 2 aromatic rings. The van der Waals surface area contributed by atoms with E-state index in [2.05, 4.69) is 15.6 Å². The van der Waals surface area contributed by atoms with Crippen molar-refractivity contribution < 1.29 is 14.7 Å². The van der Waals surface area contributed by atoms with Crippen molar-refractivity contribution >= 4 is 17.6 Å². The second kappa shape index (κ2) is 6.65. The van der Waals surface area contributed by atoms with Gasteiger partial charge in [-0.15, -0.1) is 5.10 Å². The van der Waals surface area contributed by atoms with Crippen LogP contribution in [-0.4, -0.2) is 32.0 Å². The summed E-state index contributed by atoms with van der Waals surface area (Å²) in [6.45, 7) is 1.94. The monoisotopic (exact) mass is 288 g/mol. The second-order valence-corrected chi connectivity index (χ2v) is 4.51. The number of aromatic nitrogens is 3. The molecule has 0 aliphatic heterocycles. The third-order valence-electron chi connectivity index (χ3n) is 3.00. The molecule has 2 rings (SSSR count). The molecule has 1 aromatic heterocycles. The van der Waals surface area contributed by atoms with E-state index in [1.807, 2.05) is 31.2 Å². The highest BCUT2D eigenvalue weighted by Crippen LogP contribution is 2.15. The maximum atomic E-state index is 12.0. The molecule has 0 saturated carbocycles. The van der Waals surface area contributed by atoms with E-state index in [-0.39, 0.29) is 18.9 Å². The number of hydrogen-bond acceptors (Lipinski definition) is 4. The van der Waals surface area contributed by atoms with Crippen molar-refractivity contribution in [1.29, 1.82) is 0 Å². The summed E-state index contributed by atoms with van der Waals surface area (Å²) in [4.78, 5) is 22.7. The Bertz CT molecular complexity index is 651. The lowest BCUT2D eigenvalue weighted by Crippen LogP contribution is -2.22. The maximum absolute atomic E-state index is 12.0. The Hall–Kier alpha value is -2.70. The number of carbonyl (C=O) groups is 2. The van der Waals surface area contributed by atoms with Gasteiger partial charge in [0.15, 0.2) is 0 Å². The lowest BCUT2D eigenvalue weighted by Gasteiger charge is -2.10. The Morgan fingerprint density at radius 3 is 2.81 bits per heavy atom. The Morgan fingerprint density at radius 2 is 2.10 bits per heavy atom. The van der Waals surface area contributed by atoms with Crippen LogP contribution in [0.4, 0.5) is 5.69 Å². The molecule has 1 aromatic carbocycles. The first-order valence-corrected chi connectivity index (χ1v) is 6.57. The zero-order valence-corrected chi connectivity index (χ0v) is 11.6. The van der Waals surface area contributed by atoms with E-state index >= 15 is 0 Å². The van der Waals surface area contributed by atoms with Gasteiger partial charge in [-0.1, -0.05) is 30.3 Å². The fraction of sp³-hybridized carbons (Fsp3) is 0.286. The number of para-hydroxylation sites is 1. The van der Waals surface area contributed by atoms with Crippen LogP contribution in [0.25, 0.3) is 0 Å². The van der Waals surface area contributed by atoms with Gasteiger partial charge in [-0.05, 0) is 18.1 Å². The first-order chi connectivity index (χ1) is 10.1. The molecule has 21 heavy (non-hydrogen) atoms. The standard InChI is InChI=1S/C14H16N4O3/c1-2-10-5-3-4-6-12(10)16-13(19)9-18-11(7-14(20)21)8-15-17-18/h3-6,8H,2,7,9H2,1H3,(H,16,19)(H,20,21). The summed E-state index contributed by atoms with van der Waals surface area (Å²) in [5.41, 5.74) is 2.18. The number of anilines is 1. The van der Waals surface area contributed by atoms with E-state index in [9.17, 15) is 9.59 Å². The zero-order valence-electron chi connectivity index (χ0n) is 11.6. The van der Waals surface area contributed by atoms with Crippen molar-refractivity contribution in [3.63, 3.8) is 0 Å². The van der Waals surface area contributed by atoms with Gasteiger partial charge in [0.2, 0.25) is 5.91 Å². The number of carboxylic acid groups (broad SMARTS) is 1.